The van der Waals surface area contributed by atoms with Crippen LogP contribution < -0.4 is 0 Å². The molecule has 0 bridgehead atoms. The van der Waals surface area contributed by atoms with Crippen molar-refractivity contribution in [3.63, 3.8) is 0 Å². The van der Waals surface area contributed by atoms with Crippen LogP contribution in [0.5, 0.6) is 0 Å². The molecular formula is C13H16N3O6. The average Bonchev–Trinajstić information content (AvgIpc) is 2.37. The molecule has 0 spiro atoms. The van der Waals surface area contributed by atoms with Crippen LogP contribution in [0.3, 0.4) is 0 Å². The molecule has 0 saturated heterocycles. The van der Waals surface area contributed by atoms with Crippen LogP contribution in [0.4, 0.5) is 17.1 Å². The summed E-state index contributed by atoms with van der Waals surface area (Å²) in [5, 5.41) is 33.7. The molecule has 0 atom stereocenters. The predicted octanol–water partition coefficient (Wildman–Crippen LogP) is 3.57. The lowest BCUT2D eigenvalue weighted by atomic mass is 9.95. The molecule has 119 valence electrons. The zero-order chi connectivity index (χ0) is 17.0. The first-order valence-electron chi connectivity index (χ1n) is 6.62. The summed E-state index contributed by atoms with van der Waals surface area (Å²) < 4.78 is 0. The SMILES string of the molecule is [CH2]CCCCc1c([N+](=O)[O-])c(C)c([N+](=O)[O-])c(C)c1[N+](=O)[O-]. The Labute approximate surface area is 126 Å². The summed E-state index contributed by atoms with van der Waals surface area (Å²) in [4.78, 5) is 31.3. The van der Waals surface area contributed by atoms with Crippen molar-refractivity contribution in [2.45, 2.75) is 39.5 Å². The van der Waals surface area contributed by atoms with Crippen LogP contribution in [0.15, 0.2) is 0 Å². The highest BCUT2D eigenvalue weighted by Gasteiger charge is 2.37. The summed E-state index contributed by atoms with van der Waals surface area (Å²) in [6.07, 6.45) is 1.86. The molecule has 0 aromatic heterocycles. The smallest absolute Gasteiger partial charge is 0.258 e. The third-order valence-electron chi connectivity index (χ3n) is 3.47. The maximum Gasteiger partial charge on any atom is 0.289 e. The van der Waals surface area contributed by atoms with Crippen molar-refractivity contribution < 1.29 is 14.8 Å². The minimum atomic E-state index is -0.815. The Bertz CT molecular complexity index is 600. The lowest BCUT2D eigenvalue weighted by Crippen LogP contribution is -2.09. The minimum Gasteiger partial charge on any atom is -0.258 e. The molecule has 0 fully saturated rings. The first-order chi connectivity index (χ1) is 10.2. The van der Waals surface area contributed by atoms with Crippen LogP contribution in [-0.4, -0.2) is 14.8 Å². The quantitative estimate of drug-likeness (QED) is 0.430. The van der Waals surface area contributed by atoms with Crippen molar-refractivity contribution in [1.29, 1.82) is 0 Å². The molecule has 0 N–H and O–H groups in total. The van der Waals surface area contributed by atoms with Gasteiger partial charge in [0, 0.05) is 0 Å². The van der Waals surface area contributed by atoms with Crippen molar-refractivity contribution in [2.24, 2.45) is 0 Å². The van der Waals surface area contributed by atoms with E-state index in [0.717, 1.165) is 0 Å². The Morgan fingerprint density at radius 2 is 1.23 bits per heavy atom. The number of rotatable bonds is 7. The van der Waals surface area contributed by atoms with E-state index >= 15 is 0 Å². The van der Waals surface area contributed by atoms with Crippen molar-refractivity contribution in [3.05, 3.63) is 54.0 Å². The molecular weight excluding hydrogens is 294 g/mol. The molecule has 0 amide bonds. The predicted molar refractivity (Wildman–Crippen MR) is 78.8 cm³/mol. The van der Waals surface area contributed by atoms with E-state index in [2.05, 4.69) is 6.92 Å². The number of nitrogens with zero attached hydrogens (tertiary/aromatic N) is 3. The number of nitro groups is 3. The van der Waals surface area contributed by atoms with Gasteiger partial charge in [-0.2, -0.15) is 0 Å². The molecule has 1 radical (unpaired) electrons. The fraction of sp³-hybridized carbons (Fsp3) is 0.462. The summed E-state index contributed by atoms with van der Waals surface area (Å²) in [6, 6.07) is 0. The molecule has 0 heterocycles. The molecule has 0 saturated carbocycles. The summed E-state index contributed by atoms with van der Waals surface area (Å²) >= 11 is 0. The van der Waals surface area contributed by atoms with Crippen LogP contribution in [0.2, 0.25) is 0 Å². The highest BCUT2D eigenvalue weighted by Crippen LogP contribution is 2.42. The number of benzene rings is 1. The van der Waals surface area contributed by atoms with Gasteiger partial charge in [-0.1, -0.05) is 19.8 Å². The molecule has 1 aromatic rings. The number of hydrogen-bond donors (Lipinski definition) is 0. The Morgan fingerprint density at radius 1 is 0.818 bits per heavy atom. The maximum absolute atomic E-state index is 11.3. The van der Waals surface area contributed by atoms with Crippen LogP contribution in [0.1, 0.15) is 36.0 Å². The molecule has 1 aromatic carbocycles. The second-order valence-corrected chi connectivity index (χ2v) is 4.86. The fourth-order valence-corrected chi connectivity index (χ4v) is 2.55. The zero-order valence-electron chi connectivity index (χ0n) is 12.3. The van der Waals surface area contributed by atoms with Crippen LogP contribution >= 0.6 is 0 Å². The summed E-state index contributed by atoms with van der Waals surface area (Å²) in [5.74, 6) is 0. The lowest BCUT2D eigenvalue weighted by molar-refractivity contribution is -0.405. The third-order valence-corrected chi connectivity index (χ3v) is 3.47. The number of nitro benzene ring substituents is 3. The third kappa shape index (κ3) is 3.18. The fourth-order valence-electron chi connectivity index (χ4n) is 2.55. The Morgan fingerprint density at radius 3 is 1.55 bits per heavy atom. The first-order valence-corrected chi connectivity index (χ1v) is 6.62. The van der Waals surface area contributed by atoms with Gasteiger partial charge in [0.05, 0.1) is 14.8 Å². The van der Waals surface area contributed by atoms with Gasteiger partial charge in [0.2, 0.25) is 0 Å². The Balaban J connectivity index is 3.73. The van der Waals surface area contributed by atoms with E-state index in [1.165, 1.54) is 13.8 Å². The van der Waals surface area contributed by atoms with E-state index in [0.29, 0.717) is 19.3 Å². The molecule has 9 heteroatoms. The molecule has 0 aliphatic carbocycles. The molecule has 0 aliphatic rings. The Hall–Kier alpha value is -2.58. The van der Waals surface area contributed by atoms with Crippen LogP contribution in [-0.2, 0) is 6.42 Å². The van der Waals surface area contributed by atoms with Crippen molar-refractivity contribution in [2.75, 3.05) is 0 Å². The summed E-state index contributed by atoms with van der Waals surface area (Å²) in [5.41, 5.74) is -1.99. The molecule has 1 rings (SSSR count). The van der Waals surface area contributed by atoms with Gasteiger partial charge < -0.3 is 0 Å². The van der Waals surface area contributed by atoms with E-state index in [1.54, 1.807) is 0 Å². The van der Waals surface area contributed by atoms with Crippen molar-refractivity contribution in [3.8, 4) is 0 Å². The molecule has 0 unspecified atom stereocenters. The standard InChI is InChI=1S/C13H16N3O6/c1-4-5-6-7-10-12(15(19)20)8(2)11(14(17)18)9(3)13(10)16(21)22/h1,4-7H2,2-3H3. The molecule has 9 nitrogen and oxygen atoms in total. The second-order valence-electron chi connectivity index (χ2n) is 4.86. The lowest BCUT2D eigenvalue weighted by Gasteiger charge is -2.10. The van der Waals surface area contributed by atoms with Gasteiger partial charge in [-0.15, -0.1) is 0 Å². The number of hydrogen-bond acceptors (Lipinski definition) is 6. The van der Waals surface area contributed by atoms with E-state index < -0.39 is 31.8 Å². The highest BCUT2D eigenvalue weighted by molar-refractivity contribution is 5.71. The van der Waals surface area contributed by atoms with Gasteiger partial charge in [-0.25, -0.2) is 0 Å². The topological polar surface area (TPSA) is 129 Å². The minimum absolute atomic E-state index is 0.0518. The van der Waals surface area contributed by atoms with Crippen LogP contribution in [0, 0.1) is 51.1 Å². The normalized spacial score (nSPS) is 10.5. The highest BCUT2D eigenvalue weighted by atomic mass is 16.6. The van der Waals surface area contributed by atoms with Gasteiger partial charge in [-0.05, 0) is 26.7 Å². The zero-order valence-corrected chi connectivity index (χ0v) is 12.3. The first kappa shape index (κ1) is 17.5. The van der Waals surface area contributed by atoms with Gasteiger partial charge in [0.15, 0.2) is 0 Å². The maximum atomic E-state index is 11.3. The van der Waals surface area contributed by atoms with E-state index in [-0.39, 0.29) is 23.1 Å². The van der Waals surface area contributed by atoms with Gasteiger partial charge in [0.25, 0.3) is 17.1 Å². The second kappa shape index (κ2) is 6.92. The van der Waals surface area contributed by atoms with Crippen molar-refractivity contribution >= 4 is 17.1 Å². The Kier molecular flexibility index (Phi) is 5.50. The van der Waals surface area contributed by atoms with E-state index in [9.17, 15) is 30.3 Å². The summed E-state index contributed by atoms with van der Waals surface area (Å²) in [7, 11) is 0. The van der Waals surface area contributed by atoms with E-state index in [4.69, 9.17) is 0 Å². The van der Waals surface area contributed by atoms with E-state index in [1.807, 2.05) is 0 Å². The molecule has 22 heavy (non-hydrogen) atoms. The monoisotopic (exact) mass is 310 g/mol. The molecule has 0 aliphatic heterocycles. The van der Waals surface area contributed by atoms with Crippen LogP contribution in [0.25, 0.3) is 0 Å². The largest absolute Gasteiger partial charge is 0.289 e. The van der Waals surface area contributed by atoms with Gasteiger partial charge in [0.1, 0.15) is 16.7 Å². The van der Waals surface area contributed by atoms with Gasteiger partial charge >= 0.3 is 0 Å². The van der Waals surface area contributed by atoms with Gasteiger partial charge in [-0.3, -0.25) is 30.3 Å². The number of unbranched alkanes of at least 4 members (excludes halogenated alkanes) is 2. The van der Waals surface area contributed by atoms with Crippen molar-refractivity contribution in [1.82, 2.24) is 0 Å². The average molecular weight is 310 g/mol. The summed E-state index contributed by atoms with van der Waals surface area (Å²) in [6.45, 7) is 6.14.